The van der Waals surface area contributed by atoms with Gasteiger partial charge in [-0.25, -0.2) is 0 Å². The maximum absolute atomic E-state index is 10.1. The number of aliphatic hydroxyl groups excluding tert-OH is 4. The van der Waals surface area contributed by atoms with Gasteiger partial charge in [0.1, 0.15) is 35.9 Å². The molecule has 0 unspecified atom stereocenters. The fourth-order valence-corrected chi connectivity index (χ4v) is 3.08. The van der Waals surface area contributed by atoms with Gasteiger partial charge in [0.05, 0.1) is 13.7 Å². The predicted molar refractivity (Wildman–Crippen MR) is 106 cm³/mol. The van der Waals surface area contributed by atoms with Crippen molar-refractivity contribution in [1.82, 2.24) is 0 Å². The zero-order chi connectivity index (χ0) is 21.8. The Bertz CT molecular complexity index is 876. The van der Waals surface area contributed by atoms with E-state index < -0.39 is 37.3 Å². The minimum absolute atomic E-state index is 0.0597. The monoisotopic (exact) mass is 420 g/mol. The van der Waals surface area contributed by atoms with E-state index in [4.69, 9.17) is 14.2 Å². The second-order valence-corrected chi connectivity index (χ2v) is 6.84. The lowest BCUT2D eigenvalue weighted by Crippen LogP contribution is -2.60. The zero-order valence-corrected chi connectivity index (χ0v) is 16.1. The van der Waals surface area contributed by atoms with Crippen molar-refractivity contribution in [2.24, 2.45) is 0 Å². The molecule has 30 heavy (non-hydrogen) atoms. The number of aliphatic hydroxyl groups is 4. The summed E-state index contributed by atoms with van der Waals surface area (Å²) in [4.78, 5) is 0. The highest BCUT2D eigenvalue weighted by atomic mass is 16.7. The number of hydrogen-bond donors (Lipinski definition) is 6. The van der Waals surface area contributed by atoms with Gasteiger partial charge in [0.2, 0.25) is 6.29 Å². The van der Waals surface area contributed by atoms with Gasteiger partial charge >= 0.3 is 0 Å². The quantitative estimate of drug-likeness (QED) is 0.366. The Morgan fingerprint density at radius 3 is 2.17 bits per heavy atom. The summed E-state index contributed by atoms with van der Waals surface area (Å²) in [6.45, 7) is -0.559. The number of ether oxygens (including phenoxy) is 3. The number of phenols is 2. The highest BCUT2D eigenvalue weighted by Gasteiger charge is 2.44. The van der Waals surface area contributed by atoms with Crippen LogP contribution >= 0.6 is 0 Å². The van der Waals surface area contributed by atoms with E-state index in [0.29, 0.717) is 11.3 Å². The first-order valence-corrected chi connectivity index (χ1v) is 9.18. The van der Waals surface area contributed by atoms with Crippen LogP contribution in [0.25, 0.3) is 12.2 Å². The summed E-state index contributed by atoms with van der Waals surface area (Å²) in [5.41, 5.74) is 1.31. The van der Waals surface area contributed by atoms with Crippen LogP contribution in [-0.2, 0) is 4.74 Å². The van der Waals surface area contributed by atoms with E-state index in [2.05, 4.69) is 0 Å². The van der Waals surface area contributed by atoms with Gasteiger partial charge in [-0.3, -0.25) is 0 Å². The second kappa shape index (κ2) is 9.33. The molecule has 9 nitrogen and oxygen atoms in total. The van der Waals surface area contributed by atoms with Crippen LogP contribution in [0.2, 0.25) is 0 Å². The molecule has 0 radical (unpaired) electrons. The van der Waals surface area contributed by atoms with Crippen LogP contribution in [0, 0.1) is 0 Å². The Balaban J connectivity index is 1.78. The molecule has 0 aromatic heterocycles. The summed E-state index contributed by atoms with van der Waals surface area (Å²) in [5.74, 6) is 0.410. The lowest BCUT2D eigenvalue weighted by molar-refractivity contribution is -0.277. The molecule has 0 amide bonds. The number of phenolic OH excluding ortho intramolecular Hbond substituents is 2. The van der Waals surface area contributed by atoms with Crippen LogP contribution in [-0.4, -0.2) is 75.1 Å². The largest absolute Gasteiger partial charge is 0.508 e. The zero-order valence-electron chi connectivity index (χ0n) is 16.1. The molecule has 9 heteroatoms. The standard InChI is InChI=1S/C21H24O9/c1-28-16-8-11(2-3-12-6-13(23)9-14(24)7-12)4-5-15(16)29-21-20(27)19(26)18(25)17(10-22)30-21/h2-9,17-27H,10H2,1H3/b3-2+/t17-,18-,19+,20-,21-/m1/s1. The molecule has 162 valence electrons. The van der Waals surface area contributed by atoms with E-state index >= 15 is 0 Å². The normalized spacial score (nSPS) is 26.6. The van der Waals surface area contributed by atoms with Gasteiger partial charge in [-0.15, -0.1) is 0 Å². The summed E-state index contributed by atoms with van der Waals surface area (Å²) in [6.07, 6.45) is -3.55. The highest BCUT2D eigenvalue weighted by molar-refractivity contribution is 5.72. The molecule has 1 fully saturated rings. The van der Waals surface area contributed by atoms with E-state index in [0.717, 1.165) is 5.56 Å². The van der Waals surface area contributed by atoms with Gasteiger partial charge in [0, 0.05) is 6.07 Å². The van der Waals surface area contributed by atoms with Crippen molar-refractivity contribution >= 4 is 12.2 Å². The van der Waals surface area contributed by atoms with Gasteiger partial charge in [-0.2, -0.15) is 0 Å². The topological polar surface area (TPSA) is 149 Å². The smallest absolute Gasteiger partial charge is 0.229 e. The van der Waals surface area contributed by atoms with E-state index in [-0.39, 0.29) is 17.2 Å². The second-order valence-electron chi connectivity index (χ2n) is 6.84. The summed E-state index contributed by atoms with van der Waals surface area (Å²) < 4.78 is 16.3. The van der Waals surface area contributed by atoms with Crippen LogP contribution in [0.5, 0.6) is 23.0 Å². The third-order valence-corrected chi connectivity index (χ3v) is 4.67. The average molecular weight is 420 g/mol. The van der Waals surface area contributed by atoms with Crippen LogP contribution in [0.1, 0.15) is 11.1 Å². The molecule has 6 N–H and O–H groups in total. The molecule has 2 aromatic carbocycles. The Labute approximate surface area is 172 Å². The molecule has 2 aromatic rings. The summed E-state index contributed by atoms with van der Waals surface area (Å²) in [5, 5.41) is 58.2. The molecular weight excluding hydrogens is 396 g/mol. The van der Waals surface area contributed by atoms with E-state index in [1.807, 2.05) is 0 Å². The van der Waals surface area contributed by atoms with Crippen molar-refractivity contribution in [3.05, 3.63) is 47.5 Å². The van der Waals surface area contributed by atoms with Gasteiger partial charge in [0.15, 0.2) is 11.5 Å². The maximum atomic E-state index is 10.1. The van der Waals surface area contributed by atoms with Crippen LogP contribution in [0.3, 0.4) is 0 Å². The molecule has 0 spiro atoms. The van der Waals surface area contributed by atoms with E-state index in [1.54, 1.807) is 30.4 Å². The lowest BCUT2D eigenvalue weighted by Gasteiger charge is -2.39. The summed E-state index contributed by atoms with van der Waals surface area (Å²) in [6, 6.07) is 9.12. The number of rotatable bonds is 6. The van der Waals surface area contributed by atoms with Crippen molar-refractivity contribution in [2.45, 2.75) is 30.7 Å². The maximum Gasteiger partial charge on any atom is 0.229 e. The number of methoxy groups -OCH3 is 1. The molecule has 5 atom stereocenters. The molecule has 3 rings (SSSR count). The summed E-state index contributed by atoms with van der Waals surface area (Å²) >= 11 is 0. The molecule has 0 saturated carbocycles. The van der Waals surface area contributed by atoms with E-state index in [9.17, 15) is 30.6 Å². The van der Waals surface area contributed by atoms with Crippen molar-refractivity contribution in [3.8, 4) is 23.0 Å². The number of benzene rings is 2. The Morgan fingerprint density at radius 2 is 1.53 bits per heavy atom. The fourth-order valence-electron chi connectivity index (χ4n) is 3.08. The molecule has 1 heterocycles. The number of hydrogen-bond acceptors (Lipinski definition) is 9. The first-order chi connectivity index (χ1) is 14.3. The van der Waals surface area contributed by atoms with Crippen LogP contribution in [0.15, 0.2) is 36.4 Å². The molecule has 0 aliphatic carbocycles. The van der Waals surface area contributed by atoms with Gasteiger partial charge in [-0.1, -0.05) is 18.2 Å². The van der Waals surface area contributed by atoms with Crippen molar-refractivity contribution in [2.75, 3.05) is 13.7 Å². The van der Waals surface area contributed by atoms with Gasteiger partial charge in [0.25, 0.3) is 0 Å². The van der Waals surface area contributed by atoms with Crippen molar-refractivity contribution < 1.29 is 44.8 Å². The predicted octanol–water partition coefficient (Wildman–Crippen LogP) is 0.455. The average Bonchev–Trinajstić information content (AvgIpc) is 2.72. The molecule has 1 aliphatic rings. The Kier molecular flexibility index (Phi) is 6.80. The molecule has 1 aliphatic heterocycles. The minimum atomic E-state index is -1.55. The third-order valence-electron chi connectivity index (χ3n) is 4.67. The Hall–Kier alpha value is -2.82. The lowest BCUT2D eigenvalue weighted by atomic mass is 9.99. The van der Waals surface area contributed by atoms with Gasteiger partial charge in [-0.05, 0) is 35.4 Å². The summed E-state index contributed by atoms with van der Waals surface area (Å²) in [7, 11) is 1.43. The fraction of sp³-hybridized carbons (Fsp3) is 0.333. The third kappa shape index (κ3) is 4.84. The van der Waals surface area contributed by atoms with Gasteiger partial charge < -0.3 is 44.8 Å². The first-order valence-electron chi connectivity index (χ1n) is 9.18. The van der Waals surface area contributed by atoms with Crippen molar-refractivity contribution in [1.29, 1.82) is 0 Å². The number of aromatic hydroxyl groups is 2. The van der Waals surface area contributed by atoms with Crippen LogP contribution < -0.4 is 9.47 Å². The molecule has 0 bridgehead atoms. The van der Waals surface area contributed by atoms with Crippen molar-refractivity contribution in [3.63, 3.8) is 0 Å². The highest BCUT2D eigenvalue weighted by Crippen LogP contribution is 2.32. The van der Waals surface area contributed by atoms with Crippen LogP contribution in [0.4, 0.5) is 0 Å². The first kappa shape index (κ1) is 21.9. The SMILES string of the molecule is COc1cc(/C=C/c2cc(O)cc(O)c2)ccc1O[C@@H]1O[C@H](CO)[C@@H](O)[C@H](O)[C@H]1O. The minimum Gasteiger partial charge on any atom is -0.508 e. The molecule has 1 saturated heterocycles. The molecular formula is C21H24O9. The Morgan fingerprint density at radius 1 is 0.867 bits per heavy atom. The van der Waals surface area contributed by atoms with E-state index in [1.165, 1.54) is 25.3 Å².